The van der Waals surface area contributed by atoms with E-state index in [1.807, 2.05) is 6.92 Å². The Morgan fingerprint density at radius 2 is 2.47 bits per heavy atom. The molecule has 2 aromatic heterocycles. The van der Waals surface area contributed by atoms with Crippen LogP contribution in [0.25, 0.3) is 0 Å². The Labute approximate surface area is 102 Å². The molecule has 1 amide bonds. The minimum Gasteiger partial charge on any atom is -0.325 e. The molecule has 0 fully saturated rings. The molecule has 0 radical (unpaired) electrons. The van der Waals surface area contributed by atoms with E-state index in [1.165, 1.54) is 11.3 Å². The average Bonchev–Trinajstić information content (AvgIpc) is 2.96. The fourth-order valence-electron chi connectivity index (χ4n) is 1.31. The van der Waals surface area contributed by atoms with E-state index in [4.69, 9.17) is 5.73 Å². The van der Waals surface area contributed by atoms with Crippen molar-refractivity contribution in [2.75, 3.05) is 5.32 Å². The van der Waals surface area contributed by atoms with Gasteiger partial charge in [0.2, 0.25) is 0 Å². The summed E-state index contributed by atoms with van der Waals surface area (Å²) in [5.41, 5.74) is 6.49. The molecule has 0 spiro atoms. The van der Waals surface area contributed by atoms with Crippen molar-refractivity contribution in [2.45, 2.75) is 20.0 Å². The fraction of sp³-hybridized carbons (Fsp3) is 0.300. The molecule has 2 aromatic rings. The summed E-state index contributed by atoms with van der Waals surface area (Å²) >= 11 is 1.38. The lowest BCUT2D eigenvalue weighted by molar-refractivity contribution is 0.102. The second kappa shape index (κ2) is 5.07. The number of aromatic nitrogens is 3. The van der Waals surface area contributed by atoms with Gasteiger partial charge in [-0.15, -0.1) is 11.3 Å². The second-order valence-electron chi connectivity index (χ2n) is 3.37. The van der Waals surface area contributed by atoms with E-state index in [2.05, 4.69) is 15.4 Å². The summed E-state index contributed by atoms with van der Waals surface area (Å²) in [4.78, 5) is 15.9. The van der Waals surface area contributed by atoms with Crippen LogP contribution in [0, 0.1) is 0 Å². The summed E-state index contributed by atoms with van der Waals surface area (Å²) < 4.78 is 1.74. The van der Waals surface area contributed by atoms with Gasteiger partial charge in [0.1, 0.15) is 10.7 Å². The lowest BCUT2D eigenvalue weighted by Gasteiger charge is -1.98. The number of rotatable bonds is 4. The first-order valence-corrected chi connectivity index (χ1v) is 6.09. The van der Waals surface area contributed by atoms with Crippen molar-refractivity contribution in [2.24, 2.45) is 5.73 Å². The van der Waals surface area contributed by atoms with Gasteiger partial charge in [0.25, 0.3) is 5.91 Å². The van der Waals surface area contributed by atoms with Crippen molar-refractivity contribution in [3.63, 3.8) is 0 Å². The number of carbonyl (C=O) groups excluding carboxylic acids is 1. The van der Waals surface area contributed by atoms with Crippen LogP contribution in [0.2, 0.25) is 0 Å². The van der Waals surface area contributed by atoms with Crippen molar-refractivity contribution < 1.29 is 4.79 Å². The molecule has 2 heterocycles. The first-order chi connectivity index (χ1) is 8.22. The molecule has 0 atom stereocenters. The number of carbonyl (C=O) groups is 1. The maximum atomic E-state index is 11.8. The highest BCUT2D eigenvalue weighted by atomic mass is 32.1. The van der Waals surface area contributed by atoms with Gasteiger partial charge in [0.15, 0.2) is 0 Å². The summed E-state index contributed by atoms with van der Waals surface area (Å²) in [5.74, 6) is -0.239. The van der Waals surface area contributed by atoms with E-state index in [0.717, 1.165) is 11.6 Å². The topological polar surface area (TPSA) is 85.8 Å². The second-order valence-corrected chi connectivity index (χ2v) is 4.31. The molecule has 0 bridgehead atoms. The predicted molar refractivity (Wildman–Crippen MR) is 65.9 cm³/mol. The Bertz CT molecular complexity index is 518. The minimum absolute atomic E-state index is 0.239. The number of aryl methyl sites for hydroxylation is 1. The van der Waals surface area contributed by atoms with Crippen molar-refractivity contribution in [1.29, 1.82) is 0 Å². The maximum absolute atomic E-state index is 11.8. The number of amides is 1. The highest BCUT2D eigenvalue weighted by molar-refractivity contribution is 7.09. The van der Waals surface area contributed by atoms with Crippen LogP contribution in [0.15, 0.2) is 17.8 Å². The third-order valence-electron chi connectivity index (χ3n) is 2.17. The van der Waals surface area contributed by atoms with Gasteiger partial charge in [0.05, 0.1) is 11.9 Å². The van der Waals surface area contributed by atoms with Crippen molar-refractivity contribution in [3.8, 4) is 0 Å². The maximum Gasteiger partial charge on any atom is 0.275 e. The molecule has 3 N–H and O–H groups in total. The SMILES string of the molecule is CCn1cc(NC(=O)c2csc(CN)n2)cn1. The molecular formula is C10H13N5OS. The van der Waals surface area contributed by atoms with Crippen LogP contribution in [-0.2, 0) is 13.1 Å². The predicted octanol–water partition coefficient (Wildman–Crippen LogP) is 1.07. The molecule has 0 aliphatic carbocycles. The lowest BCUT2D eigenvalue weighted by atomic mass is 10.4. The molecule has 0 saturated heterocycles. The molecule has 90 valence electrons. The zero-order valence-electron chi connectivity index (χ0n) is 9.38. The Kier molecular flexibility index (Phi) is 3.50. The van der Waals surface area contributed by atoms with Crippen LogP contribution >= 0.6 is 11.3 Å². The number of anilines is 1. The van der Waals surface area contributed by atoms with Gasteiger partial charge in [-0.25, -0.2) is 4.98 Å². The number of nitrogens with zero attached hydrogens (tertiary/aromatic N) is 3. The van der Waals surface area contributed by atoms with E-state index in [1.54, 1.807) is 22.5 Å². The summed E-state index contributed by atoms with van der Waals surface area (Å²) in [6.07, 6.45) is 3.38. The largest absolute Gasteiger partial charge is 0.325 e. The molecule has 0 saturated carbocycles. The van der Waals surface area contributed by atoms with E-state index < -0.39 is 0 Å². The van der Waals surface area contributed by atoms with E-state index in [9.17, 15) is 4.79 Å². The van der Waals surface area contributed by atoms with Gasteiger partial charge >= 0.3 is 0 Å². The monoisotopic (exact) mass is 251 g/mol. The standard InChI is InChI=1S/C10H13N5OS/c1-2-15-5-7(4-12-15)13-10(16)8-6-17-9(3-11)14-8/h4-6H,2-3,11H2,1H3,(H,13,16). The quantitative estimate of drug-likeness (QED) is 0.851. The molecule has 2 rings (SSSR count). The molecular weight excluding hydrogens is 238 g/mol. The molecule has 6 nitrogen and oxygen atoms in total. The summed E-state index contributed by atoms with van der Waals surface area (Å²) in [5, 5.41) is 9.24. The van der Waals surface area contributed by atoms with E-state index in [-0.39, 0.29) is 5.91 Å². The highest BCUT2D eigenvalue weighted by Crippen LogP contribution is 2.11. The first kappa shape index (κ1) is 11.7. The molecule has 17 heavy (non-hydrogen) atoms. The normalized spacial score (nSPS) is 10.5. The Morgan fingerprint density at radius 1 is 1.65 bits per heavy atom. The lowest BCUT2D eigenvalue weighted by Crippen LogP contribution is -2.12. The van der Waals surface area contributed by atoms with Crippen molar-refractivity contribution in [3.05, 3.63) is 28.5 Å². The van der Waals surface area contributed by atoms with Crippen LogP contribution in [0.5, 0.6) is 0 Å². The third kappa shape index (κ3) is 2.69. The van der Waals surface area contributed by atoms with E-state index in [0.29, 0.717) is 17.9 Å². The van der Waals surface area contributed by atoms with Gasteiger partial charge in [0, 0.05) is 24.7 Å². The summed E-state index contributed by atoms with van der Waals surface area (Å²) in [7, 11) is 0. The van der Waals surface area contributed by atoms with Gasteiger partial charge in [-0.3, -0.25) is 9.48 Å². The molecule has 0 aromatic carbocycles. The minimum atomic E-state index is -0.239. The smallest absolute Gasteiger partial charge is 0.275 e. The number of hydrogen-bond donors (Lipinski definition) is 2. The number of thiazole rings is 1. The molecule has 0 aliphatic heterocycles. The summed E-state index contributed by atoms with van der Waals surface area (Å²) in [6.45, 7) is 3.10. The Hall–Kier alpha value is -1.73. The van der Waals surface area contributed by atoms with Gasteiger partial charge in [-0.2, -0.15) is 5.10 Å². The van der Waals surface area contributed by atoms with Crippen LogP contribution in [0.4, 0.5) is 5.69 Å². The van der Waals surface area contributed by atoms with Crippen LogP contribution in [-0.4, -0.2) is 20.7 Å². The van der Waals surface area contributed by atoms with Gasteiger partial charge in [-0.1, -0.05) is 0 Å². The van der Waals surface area contributed by atoms with Crippen LogP contribution in [0.3, 0.4) is 0 Å². The zero-order chi connectivity index (χ0) is 12.3. The van der Waals surface area contributed by atoms with Crippen molar-refractivity contribution in [1.82, 2.24) is 14.8 Å². The van der Waals surface area contributed by atoms with Gasteiger partial charge in [-0.05, 0) is 6.92 Å². The van der Waals surface area contributed by atoms with E-state index >= 15 is 0 Å². The fourth-order valence-corrected chi connectivity index (χ4v) is 1.96. The molecule has 0 aliphatic rings. The zero-order valence-corrected chi connectivity index (χ0v) is 10.2. The molecule has 0 unspecified atom stereocenters. The van der Waals surface area contributed by atoms with Crippen LogP contribution in [0.1, 0.15) is 22.4 Å². The number of nitrogens with two attached hydrogens (primary N) is 1. The van der Waals surface area contributed by atoms with Crippen LogP contribution < -0.4 is 11.1 Å². The average molecular weight is 251 g/mol. The number of nitrogens with one attached hydrogen (secondary N) is 1. The third-order valence-corrected chi connectivity index (χ3v) is 3.05. The number of hydrogen-bond acceptors (Lipinski definition) is 5. The Balaban J connectivity index is 2.05. The van der Waals surface area contributed by atoms with Gasteiger partial charge < -0.3 is 11.1 Å². The molecule has 7 heteroatoms. The first-order valence-electron chi connectivity index (χ1n) is 5.21. The summed E-state index contributed by atoms with van der Waals surface area (Å²) in [6, 6.07) is 0. The highest BCUT2D eigenvalue weighted by Gasteiger charge is 2.11. The van der Waals surface area contributed by atoms with Crippen molar-refractivity contribution >= 4 is 22.9 Å². The Morgan fingerprint density at radius 3 is 3.06 bits per heavy atom.